The van der Waals surface area contributed by atoms with Gasteiger partial charge in [0.1, 0.15) is 17.4 Å². The van der Waals surface area contributed by atoms with Crippen molar-refractivity contribution in [2.45, 2.75) is 11.8 Å². The van der Waals surface area contributed by atoms with Gasteiger partial charge in [-0.15, -0.1) is 11.6 Å². The fourth-order valence-corrected chi connectivity index (χ4v) is 2.44. The second-order valence-electron chi connectivity index (χ2n) is 4.27. The number of hydrogen-bond acceptors (Lipinski definition) is 1. The minimum Gasteiger partial charge on any atom is -0.496 e. The zero-order chi connectivity index (χ0) is 14.7. The maximum Gasteiger partial charge on any atom is 0.142 e. The van der Waals surface area contributed by atoms with Crippen LogP contribution in [0, 0.1) is 11.6 Å². The van der Waals surface area contributed by atoms with Crippen molar-refractivity contribution in [2.24, 2.45) is 0 Å². The van der Waals surface area contributed by atoms with Crippen molar-refractivity contribution in [1.82, 2.24) is 0 Å². The van der Waals surface area contributed by atoms with Gasteiger partial charge in [0.25, 0.3) is 0 Å². The van der Waals surface area contributed by atoms with Crippen LogP contribution in [0.5, 0.6) is 5.75 Å². The summed E-state index contributed by atoms with van der Waals surface area (Å²) >= 11 is 11.7. The van der Waals surface area contributed by atoms with E-state index < -0.39 is 17.0 Å². The number of hydrogen-bond donors (Lipinski definition) is 0. The standard InChI is InChI=1S/C15H12Cl2F2O/c1-20-15-5-3-2-4-9(15)6-11(16)10-7-14(19)12(17)8-13(10)18/h2-5,7-8,11H,6H2,1H3. The van der Waals surface area contributed by atoms with Crippen molar-refractivity contribution in [3.63, 3.8) is 0 Å². The van der Waals surface area contributed by atoms with E-state index in [0.717, 1.165) is 17.7 Å². The van der Waals surface area contributed by atoms with Crippen LogP contribution in [0.2, 0.25) is 5.02 Å². The number of rotatable bonds is 4. The molecule has 0 saturated carbocycles. The molecule has 0 spiro atoms. The molecule has 1 nitrogen and oxygen atoms in total. The Morgan fingerprint density at radius 3 is 2.55 bits per heavy atom. The highest BCUT2D eigenvalue weighted by Crippen LogP contribution is 2.32. The summed E-state index contributed by atoms with van der Waals surface area (Å²) in [6.45, 7) is 0. The summed E-state index contributed by atoms with van der Waals surface area (Å²) in [7, 11) is 1.55. The van der Waals surface area contributed by atoms with Gasteiger partial charge in [0, 0.05) is 5.56 Å². The molecule has 0 aliphatic heterocycles. The third-order valence-electron chi connectivity index (χ3n) is 2.97. The first-order valence-corrected chi connectivity index (χ1v) is 6.74. The molecule has 0 radical (unpaired) electrons. The van der Waals surface area contributed by atoms with Crippen molar-refractivity contribution in [2.75, 3.05) is 7.11 Å². The molecule has 0 amide bonds. The van der Waals surface area contributed by atoms with Crippen LogP contribution in [-0.4, -0.2) is 7.11 Å². The number of alkyl halides is 1. The van der Waals surface area contributed by atoms with Crippen molar-refractivity contribution in [3.05, 3.63) is 64.2 Å². The third-order valence-corrected chi connectivity index (χ3v) is 3.65. The van der Waals surface area contributed by atoms with E-state index in [-0.39, 0.29) is 10.6 Å². The molecular weight excluding hydrogens is 305 g/mol. The van der Waals surface area contributed by atoms with Gasteiger partial charge in [0.05, 0.1) is 17.5 Å². The SMILES string of the molecule is COc1ccccc1CC(Cl)c1cc(F)c(Cl)cc1F. The lowest BCUT2D eigenvalue weighted by molar-refractivity contribution is 0.409. The Hall–Kier alpha value is -1.32. The maximum atomic E-state index is 13.8. The fraction of sp³-hybridized carbons (Fsp3) is 0.200. The summed E-state index contributed by atoms with van der Waals surface area (Å²) in [6.07, 6.45) is 0.323. The number of ether oxygens (including phenoxy) is 1. The Kier molecular flexibility index (Phi) is 4.84. The van der Waals surface area contributed by atoms with Gasteiger partial charge >= 0.3 is 0 Å². The van der Waals surface area contributed by atoms with Gasteiger partial charge in [-0.2, -0.15) is 0 Å². The van der Waals surface area contributed by atoms with Crippen LogP contribution in [0.25, 0.3) is 0 Å². The van der Waals surface area contributed by atoms with E-state index in [4.69, 9.17) is 27.9 Å². The Morgan fingerprint density at radius 2 is 1.85 bits per heavy atom. The van der Waals surface area contributed by atoms with Gasteiger partial charge < -0.3 is 4.74 Å². The lowest BCUT2D eigenvalue weighted by atomic mass is 10.0. The molecule has 2 rings (SSSR count). The van der Waals surface area contributed by atoms with Crippen molar-refractivity contribution < 1.29 is 13.5 Å². The summed E-state index contributed by atoms with van der Waals surface area (Å²) in [6, 6.07) is 9.25. The average Bonchev–Trinajstić information content (AvgIpc) is 2.43. The highest BCUT2D eigenvalue weighted by Gasteiger charge is 2.18. The molecular formula is C15H12Cl2F2O. The molecule has 0 bridgehead atoms. The predicted octanol–water partition coefficient (Wildman–Crippen LogP) is 5.15. The molecule has 1 unspecified atom stereocenters. The Labute approximate surface area is 126 Å². The largest absolute Gasteiger partial charge is 0.496 e. The summed E-state index contributed by atoms with van der Waals surface area (Å²) in [5.74, 6) is -0.645. The Morgan fingerprint density at radius 1 is 1.15 bits per heavy atom. The minimum absolute atomic E-state index is 0.0828. The molecule has 0 heterocycles. The van der Waals surface area contributed by atoms with Crippen molar-refractivity contribution >= 4 is 23.2 Å². The van der Waals surface area contributed by atoms with Gasteiger partial charge in [0.15, 0.2) is 0 Å². The van der Waals surface area contributed by atoms with Gasteiger partial charge in [-0.05, 0) is 30.2 Å². The molecule has 0 aromatic heterocycles. The van der Waals surface area contributed by atoms with E-state index in [2.05, 4.69) is 0 Å². The average molecular weight is 317 g/mol. The molecule has 5 heteroatoms. The van der Waals surface area contributed by atoms with Crippen molar-refractivity contribution in [3.8, 4) is 5.75 Å². The smallest absolute Gasteiger partial charge is 0.142 e. The van der Waals surface area contributed by atoms with Crippen LogP contribution in [0.1, 0.15) is 16.5 Å². The zero-order valence-corrected chi connectivity index (χ0v) is 12.2. The highest BCUT2D eigenvalue weighted by molar-refractivity contribution is 6.30. The van der Waals surface area contributed by atoms with Crippen LogP contribution in [0.15, 0.2) is 36.4 Å². The molecule has 1 atom stereocenters. The molecule has 0 aliphatic carbocycles. The van der Waals surface area contributed by atoms with Crippen LogP contribution < -0.4 is 4.74 Å². The lowest BCUT2D eigenvalue weighted by Gasteiger charge is -2.14. The molecule has 0 N–H and O–H groups in total. The minimum atomic E-state index is -0.710. The number of para-hydroxylation sites is 1. The van der Waals surface area contributed by atoms with Crippen LogP contribution in [-0.2, 0) is 6.42 Å². The van der Waals surface area contributed by atoms with Crippen LogP contribution in [0.4, 0.5) is 8.78 Å². The van der Waals surface area contributed by atoms with E-state index >= 15 is 0 Å². The second-order valence-corrected chi connectivity index (χ2v) is 5.21. The summed E-state index contributed by atoms with van der Waals surface area (Å²) < 4.78 is 32.4. The predicted molar refractivity (Wildman–Crippen MR) is 76.7 cm³/mol. The first kappa shape index (κ1) is 15.1. The molecule has 0 aliphatic rings. The Balaban J connectivity index is 2.28. The van der Waals surface area contributed by atoms with E-state index in [1.54, 1.807) is 13.2 Å². The number of methoxy groups -OCH3 is 1. The van der Waals surface area contributed by atoms with E-state index in [1.807, 2.05) is 18.2 Å². The summed E-state index contributed by atoms with van der Waals surface area (Å²) in [4.78, 5) is 0. The van der Waals surface area contributed by atoms with E-state index in [0.29, 0.717) is 12.2 Å². The van der Waals surface area contributed by atoms with Gasteiger partial charge in [-0.1, -0.05) is 29.8 Å². The topological polar surface area (TPSA) is 9.23 Å². The molecule has 2 aromatic rings. The molecule has 2 aromatic carbocycles. The normalized spacial score (nSPS) is 12.2. The highest BCUT2D eigenvalue weighted by atomic mass is 35.5. The van der Waals surface area contributed by atoms with Gasteiger partial charge in [-0.3, -0.25) is 0 Å². The maximum absolute atomic E-state index is 13.8. The third kappa shape index (κ3) is 3.22. The Bertz CT molecular complexity index is 617. The number of halogens is 4. The van der Waals surface area contributed by atoms with Gasteiger partial charge in [-0.25, -0.2) is 8.78 Å². The monoisotopic (exact) mass is 316 g/mol. The quantitative estimate of drug-likeness (QED) is 0.560. The first-order chi connectivity index (χ1) is 9.52. The molecule has 20 heavy (non-hydrogen) atoms. The second kappa shape index (κ2) is 6.42. The van der Waals surface area contributed by atoms with Crippen LogP contribution >= 0.6 is 23.2 Å². The fourth-order valence-electron chi connectivity index (χ4n) is 1.95. The van der Waals surface area contributed by atoms with Crippen molar-refractivity contribution in [1.29, 1.82) is 0 Å². The molecule has 106 valence electrons. The van der Waals surface area contributed by atoms with Gasteiger partial charge in [0.2, 0.25) is 0 Å². The van der Waals surface area contributed by atoms with E-state index in [9.17, 15) is 8.78 Å². The molecule has 0 saturated heterocycles. The number of benzene rings is 2. The first-order valence-electron chi connectivity index (χ1n) is 5.93. The molecule has 0 fully saturated rings. The zero-order valence-electron chi connectivity index (χ0n) is 10.7. The van der Waals surface area contributed by atoms with Crippen LogP contribution in [0.3, 0.4) is 0 Å². The lowest BCUT2D eigenvalue weighted by Crippen LogP contribution is -2.02. The van der Waals surface area contributed by atoms with E-state index in [1.165, 1.54) is 0 Å². The summed E-state index contributed by atoms with van der Waals surface area (Å²) in [5.41, 5.74) is 0.907. The summed E-state index contributed by atoms with van der Waals surface area (Å²) in [5, 5.41) is -0.967.